The molecule has 0 saturated carbocycles. The van der Waals surface area contributed by atoms with Crippen LogP contribution in [0.5, 0.6) is 0 Å². The minimum Gasteiger partial charge on any atom is -0.334 e. The summed E-state index contributed by atoms with van der Waals surface area (Å²) in [5.41, 5.74) is 2.80. The van der Waals surface area contributed by atoms with Crippen molar-refractivity contribution in [1.82, 2.24) is 14.9 Å². The van der Waals surface area contributed by atoms with E-state index in [1.165, 1.54) is 0 Å². The molecule has 0 atom stereocenters. The number of carbonyl (C=O) groups excluding carboxylic acids is 1. The Morgan fingerprint density at radius 1 is 1.26 bits per heavy atom. The van der Waals surface area contributed by atoms with E-state index in [1.54, 1.807) is 12.5 Å². The fourth-order valence-corrected chi connectivity index (χ4v) is 2.48. The van der Waals surface area contributed by atoms with Crippen LogP contribution >= 0.6 is 15.9 Å². The Hall–Kier alpha value is -1.75. The maximum absolute atomic E-state index is 12.4. The quantitative estimate of drug-likeness (QED) is 0.811. The summed E-state index contributed by atoms with van der Waals surface area (Å²) in [6.45, 7) is 1.30. The third-order valence-corrected chi connectivity index (χ3v) is 3.77. The van der Waals surface area contributed by atoms with Crippen molar-refractivity contribution in [2.45, 2.75) is 13.0 Å². The standard InChI is InChI=1S/C14H12BrN3O/c15-12-3-1-10(2-4-12)14(19)18-6-5-13-11(8-18)7-16-9-17-13/h1-4,7,9H,5-6,8H2. The van der Waals surface area contributed by atoms with Gasteiger partial charge in [0.25, 0.3) is 5.91 Å². The van der Waals surface area contributed by atoms with Crippen LogP contribution in [-0.4, -0.2) is 27.3 Å². The van der Waals surface area contributed by atoms with E-state index in [4.69, 9.17) is 0 Å². The predicted octanol–water partition coefficient (Wildman–Crippen LogP) is 2.44. The molecule has 1 aromatic heterocycles. The van der Waals surface area contributed by atoms with Crippen molar-refractivity contribution >= 4 is 21.8 Å². The van der Waals surface area contributed by atoms with Gasteiger partial charge in [0, 0.05) is 41.3 Å². The highest BCUT2D eigenvalue weighted by atomic mass is 79.9. The van der Waals surface area contributed by atoms with Gasteiger partial charge in [-0.1, -0.05) is 15.9 Å². The number of fused-ring (bicyclic) bond motifs is 1. The van der Waals surface area contributed by atoms with E-state index in [0.717, 1.165) is 22.2 Å². The molecule has 3 rings (SSSR count). The lowest BCUT2D eigenvalue weighted by molar-refractivity contribution is 0.0733. The van der Waals surface area contributed by atoms with Gasteiger partial charge < -0.3 is 4.90 Å². The number of benzene rings is 1. The minimum atomic E-state index is 0.0574. The molecule has 0 spiro atoms. The highest BCUT2D eigenvalue weighted by Gasteiger charge is 2.22. The van der Waals surface area contributed by atoms with E-state index in [0.29, 0.717) is 18.7 Å². The van der Waals surface area contributed by atoms with Crippen molar-refractivity contribution in [3.05, 3.63) is 58.1 Å². The first-order chi connectivity index (χ1) is 9.24. The zero-order valence-electron chi connectivity index (χ0n) is 10.2. The number of carbonyl (C=O) groups is 1. The molecule has 0 fully saturated rings. The van der Waals surface area contributed by atoms with Gasteiger partial charge in [-0.25, -0.2) is 9.97 Å². The summed E-state index contributed by atoms with van der Waals surface area (Å²) in [5.74, 6) is 0.0574. The van der Waals surface area contributed by atoms with E-state index in [9.17, 15) is 4.79 Å². The molecule has 5 heteroatoms. The maximum Gasteiger partial charge on any atom is 0.254 e. The first kappa shape index (κ1) is 12.3. The molecule has 1 aliphatic rings. The summed E-state index contributed by atoms with van der Waals surface area (Å²) >= 11 is 3.37. The van der Waals surface area contributed by atoms with E-state index in [2.05, 4.69) is 25.9 Å². The average molecular weight is 318 g/mol. The van der Waals surface area contributed by atoms with Gasteiger partial charge in [-0.2, -0.15) is 0 Å². The highest BCUT2D eigenvalue weighted by molar-refractivity contribution is 9.10. The van der Waals surface area contributed by atoms with Crippen molar-refractivity contribution in [3.63, 3.8) is 0 Å². The molecular weight excluding hydrogens is 306 g/mol. The molecule has 1 aromatic carbocycles. The molecule has 0 saturated heterocycles. The summed E-state index contributed by atoms with van der Waals surface area (Å²) in [4.78, 5) is 22.5. The van der Waals surface area contributed by atoms with E-state index in [-0.39, 0.29) is 5.91 Å². The summed E-state index contributed by atoms with van der Waals surface area (Å²) in [5, 5.41) is 0. The molecule has 1 amide bonds. The van der Waals surface area contributed by atoms with Crippen LogP contribution in [0.15, 0.2) is 41.3 Å². The molecule has 1 aliphatic heterocycles. The smallest absolute Gasteiger partial charge is 0.254 e. The number of hydrogen-bond acceptors (Lipinski definition) is 3. The Balaban J connectivity index is 1.81. The fourth-order valence-electron chi connectivity index (χ4n) is 2.21. The van der Waals surface area contributed by atoms with Gasteiger partial charge in [0.15, 0.2) is 0 Å². The SMILES string of the molecule is O=C(c1ccc(Br)cc1)N1CCc2ncncc2C1. The van der Waals surface area contributed by atoms with Crippen LogP contribution in [-0.2, 0) is 13.0 Å². The predicted molar refractivity (Wildman–Crippen MR) is 74.6 cm³/mol. The Morgan fingerprint density at radius 2 is 2.05 bits per heavy atom. The van der Waals surface area contributed by atoms with E-state index < -0.39 is 0 Å². The minimum absolute atomic E-state index is 0.0574. The van der Waals surface area contributed by atoms with Crippen molar-refractivity contribution in [3.8, 4) is 0 Å². The van der Waals surface area contributed by atoms with Gasteiger partial charge in [0.2, 0.25) is 0 Å². The van der Waals surface area contributed by atoms with Gasteiger partial charge in [0.05, 0.1) is 5.69 Å². The third-order valence-electron chi connectivity index (χ3n) is 3.24. The molecule has 0 bridgehead atoms. The number of amides is 1. The monoisotopic (exact) mass is 317 g/mol. The molecule has 0 aliphatic carbocycles. The molecule has 0 unspecified atom stereocenters. The molecule has 19 heavy (non-hydrogen) atoms. The van der Waals surface area contributed by atoms with Crippen molar-refractivity contribution in [1.29, 1.82) is 0 Å². The number of hydrogen-bond donors (Lipinski definition) is 0. The summed E-state index contributed by atoms with van der Waals surface area (Å²) in [7, 11) is 0. The molecule has 2 aromatic rings. The Morgan fingerprint density at radius 3 is 2.84 bits per heavy atom. The van der Waals surface area contributed by atoms with Crippen molar-refractivity contribution in [2.24, 2.45) is 0 Å². The second-order valence-corrected chi connectivity index (χ2v) is 5.39. The Bertz CT molecular complexity index is 612. The van der Waals surface area contributed by atoms with Crippen LogP contribution in [0, 0.1) is 0 Å². The van der Waals surface area contributed by atoms with E-state index in [1.807, 2.05) is 29.2 Å². The third kappa shape index (κ3) is 2.51. The van der Waals surface area contributed by atoms with Gasteiger partial charge in [0.1, 0.15) is 6.33 Å². The summed E-state index contributed by atoms with van der Waals surface area (Å²) < 4.78 is 0.974. The van der Waals surface area contributed by atoms with Crippen LogP contribution < -0.4 is 0 Å². The van der Waals surface area contributed by atoms with Crippen molar-refractivity contribution in [2.75, 3.05) is 6.54 Å². The first-order valence-corrected chi connectivity index (χ1v) is 6.86. The first-order valence-electron chi connectivity index (χ1n) is 6.06. The topological polar surface area (TPSA) is 46.1 Å². The fraction of sp³-hybridized carbons (Fsp3) is 0.214. The summed E-state index contributed by atoms with van der Waals surface area (Å²) in [6, 6.07) is 7.44. The van der Waals surface area contributed by atoms with Crippen LogP contribution in [0.2, 0.25) is 0 Å². The Kier molecular flexibility index (Phi) is 3.29. The maximum atomic E-state index is 12.4. The van der Waals surface area contributed by atoms with Gasteiger partial charge in [-0.15, -0.1) is 0 Å². The van der Waals surface area contributed by atoms with Crippen molar-refractivity contribution < 1.29 is 4.79 Å². The van der Waals surface area contributed by atoms with Crippen LogP contribution in [0.25, 0.3) is 0 Å². The summed E-state index contributed by atoms with van der Waals surface area (Å²) in [6.07, 6.45) is 4.15. The van der Waals surface area contributed by atoms with Gasteiger partial charge >= 0.3 is 0 Å². The van der Waals surface area contributed by atoms with Crippen LogP contribution in [0.1, 0.15) is 21.6 Å². The lowest BCUT2D eigenvalue weighted by Crippen LogP contribution is -2.36. The molecule has 96 valence electrons. The van der Waals surface area contributed by atoms with Gasteiger partial charge in [-0.3, -0.25) is 4.79 Å². The average Bonchev–Trinajstić information content (AvgIpc) is 2.47. The molecule has 0 N–H and O–H groups in total. The zero-order valence-corrected chi connectivity index (χ0v) is 11.8. The second-order valence-electron chi connectivity index (χ2n) is 4.48. The van der Waals surface area contributed by atoms with Crippen LogP contribution in [0.4, 0.5) is 0 Å². The second kappa shape index (κ2) is 5.09. The number of nitrogens with zero attached hydrogens (tertiary/aromatic N) is 3. The Labute approximate surface area is 119 Å². The molecular formula is C14H12BrN3O. The number of rotatable bonds is 1. The zero-order chi connectivity index (χ0) is 13.2. The largest absolute Gasteiger partial charge is 0.334 e. The molecule has 4 nitrogen and oxygen atoms in total. The normalized spacial score (nSPS) is 14.1. The van der Waals surface area contributed by atoms with E-state index >= 15 is 0 Å². The van der Waals surface area contributed by atoms with Crippen LogP contribution in [0.3, 0.4) is 0 Å². The highest BCUT2D eigenvalue weighted by Crippen LogP contribution is 2.19. The molecule has 2 heterocycles. The lowest BCUT2D eigenvalue weighted by atomic mass is 10.1. The number of halogens is 1. The van der Waals surface area contributed by atoms with Gasteiger partial charge in [-0.05, 0) is 24.3 Å². The molecule has 0 radical (unpaired) electrons. The number of aromatic nitrogens is 2. The lowest BCUT2D eigenvalue weighted by Gasteiger charge is -2.27.